The van der Waals surface area contributed by atoms with Crippen LogP contribution < -0.4 is 20.7 Å². The van der Waals surface area contributed by atoms with Gasteiger partial charge >= 0.3 is 0 Å². The van der Waals surface area contributed by atoms with Crippen molar-refractivity contribution in [3.63, 3.8) is 0 Å². The predicted molar refractivity (Wildman–Crippen MR) is 104 cm³/mol. The SMILES string of the molecule is CN=C(NCCC(=O)NC1CCS(=O)(=O)C1)NCC1Cc2ccccc2O1. The van der Waals surface area contributed by atoms with Gasteiger partial charge in [-0.05, 0) is 18.1 Å². The number of ether oxygens (including phenoxy) is 1. The fraction of sp³-hybridized carbons (Fsp3) is 0.556. The van der Waals surface area contributed by atoms with Crippen molar-refractivity contribution in [2.75, 3.05) is 31.6 Å². The summed E-state index contributed by atoms with van der Waals surface area (Å²) in [7, 11) is -1.32. The molecule has 0 aromatic heterocycles. The Bertz CT molecular complexity index is 784. The van der Waals surface area contributed by atoms with Crippen LogP contribution in [0.5, 0.6) is 5.75 Å². The van der Waals surface area contributed by atoms with E-state index in [1.54, 1.807) is 7.05 Å². The minimum absolute atomic E-state index is 0.0408. The summed E-state index contributed by atoms with van der Waals surface area (Å²) in [5.41, 5.74) is 1.21. The van der Waals surface area contributed by atoms with Crippen molar-refractivity contribution < 1.29 is 17.9 Å². The maximum absolute atomic E-state index is 11.9. The average Bonchev–Trinajstić information content (AvgIpc) is 3.20. The monoisotopic (exact) mass is 394 g/mol. The molecule has 1 fully saturated rings. The molecule has 1 aromatic carbocycles. The molecule has 1 saturated heterocycles. The van der Waals surface area contributed by atoms with Crippen LogP contribution in [0.25, 0.3) is 0 Å². The van der Waals surface area contributed by atoms with Gasteiger partial charge in [-0.3, -0.25) is 9.79 Å². The Hall–Kier alpha value is -2.29. The summed E-state index contributed by atoms with van der Waals surface area (Å²) >= 11 is 0. The molecule has 2 aliphatic heterocycles. The summed E-state index contributed by atoms with van der Waals surface area (Å²) in [5, 5.41) is 9.07. The predicted octanol–water partition coefficient (Wildman–Crippen LogP) is -0.151. The van der Waals surface area contributed by atoms with E-state index >= 15 is 0 Å². The zero-order valence-electron chi connectivity index (χ0n) is 15.4. The average molecular weight is 394 g/mol. The van der Waals surface area contributed by atoms with Gasteiger partial charge in [0.05, 0.1) is 18.1 Å². The molecule has 2 atom stereocenters. The number of para-hydroxylation sites is 1. The number of carbonyl (C=O) groups is 1. The zero-order chi connectivity index (χ0) is 19.3. The maximum Gasteiger partial charge on any atom is 0.222 e. The minimum Gasteiger partial charge on any atom is -0.488 e. The third-order valence-electron chi connectivity index (χ3n) is 4.68. The summed E-state index contributed by atoms with van der Waals surface area (Å²) in [6.45, 7) is 1.03. The lowest BCUT2D eigenvalue weighted by molar-refractivity contribution is -0.121. The lowest BCUT2D eigenvalue weighted by Crippen LogP contribution is -2.44. The molecule has 1 aromatic rings. The number of fused-ring (bicyclic) bond motifs is 1. The van der Waals surface area contributed by atoms with Crippen molar-refractivity contribution in [3.8, 4) is 5.75 Å². The number of hydrogen-bond acceptors (Lipinski definition) is 5. The number of nitrogens with zero attached hydrogens (tertiary/aromatic N) is 1. The Morgan fingerprint density at radius 2 is 2.11 bits per heavy atom. The number of hydrogen-bond donors (Lipinski definition) is 3. The van der Waals surface area contributed by atoms with Crippen molar-refractivity contribution in [2.24, 2.45) is 4.99 Å². The molecule has 0 radical (unpaired) electrons. The molecule has 9 heteroatoms. The van der Waals surface area contributed by atoms with Gasteiger partial charge in [-0.1, -0.05) is 18.2 Å². The van der Waals surface area contributed by atoms with Crippen molar-refractivity contribution in [1.29, 1.82) is 0 Å². The molecule has 0 saturated carbocycles. The van der Waals surface area contributed by atoms with Gasteiger partial charge in [0.1, 0.15) is 11.9 Å². The van der Waals surface area contributed by atoms with E-state index < -0.39 is 9.84 Å². The maximum atomic E-state index is 11.9. The van der Waals surface area contributed by atoms with E-state index in [2.05, 4.69) is 27.0 Å². The Morgan fingerprint density at radius 3 is 2.81 bits per heavy atom. The second-order valence-corrected chi connectivity index (χ2v) is 9.08. The molecule has 8 nitrogen and oxygen atoms in total. The van der Waals surface area contributed by atoms with E-state index in [1.807, 2.05) is 18.2 Å². The van der Waals surface area contributed by atoms with Crippen LogP contribution >= 0.6 is 0 Å². The first-order valence-corrected chi connectivity index (χ1v) is 11.0. The molecule has 2 aliphatic rings. The Balaban J connectivity index is 1.33. The number of nitrogens with one attached hydrogen (secondary N) is 3. The lowest BCUT2D eigenvalue weighted by atomic mass is 10.1. The number of guanidine groups is 1. The number of carbonyl (C=O) groups excluding carboxylic acids is 1. The molecule has 3 N–H and O–H groups in total. The van der Waals surface area contributed by atoms with Gasteiger partial charge in [0.15, 0.2) is 15.8 Å². The molecule has 0 bridgehead atoms. The van der Waals surface area contributed by atoms with Gasteiger partial charge in [-0.15, -0.1) is 0 Å². The first-order chi connectivity index (χ1) is 12.9. The highest BCUT2D eigenvalue weighted by Gasteiger charge is 2.28. The number of aliphatic imine (C=N–C) groups is 1. The smallest absolute Gasteiger partial charge is 0.222 e. The van der Waals surface area contributed by atoms with Crippen molar-refractivity contribution in [2.45, 2.75) is 31.4 Å². The highest BCUT2D eigenvalue weighted by molar-refractivity contribution is 7.91. The Kier molecular flexibility index (Phi) is 6.20. The highest BCUT2D eigenvalue weighted by Crippen LogP contribution is 2.27. The number of amides is 1. The van der Waals surface area contributed by atoms with Crippen LogP contribution in [0.15, 0.2) is 29.3 Å². The standard InChI is InChI=1S/C18H26N4O4S/c1-19-18(21-11-15-10-13-4-2-3-5-16(13)26-15)20-8-6-17(23)22-14-7-9-27(24,25)12-14/h2-5,14-15H,6-12H2,1H3,(H,22,23)(H2,19,20,21). The van der Waals surface area contributed by atoms with E-state index in [1.165, 1.54) is 5.56 Å². The summed E-state index contributed by atoms with van der Waals surface area (Å²) in [6.07, 6.45) is 1.65. The van der Waals surface area contributed by atoms with Crippen LogP contribution in [-0.4, -0.2) is 64.1 Å². The van der Waals surface area contributed by atoms with E-state index in [9.17, 15) is 13.2 Å². The van der Waals surface area contributed by atoms with Crippen LogP contribution in [0, 0.1) is 0 Å². The molecule has 1 amide bonds. The summed E-state index contributed by atoms with van der Waals surface area (Å²) in [5.74, 6) is 1.57. The number of sulfone groups is 1. The molecule has 0 spiro atoms. The fourth-order valence-electron chi connectivity index (χ4n) is 3.30. The molecule has 2 unspecified atom stereocenters. The van der Waals surface area contributed by atoms with Gasteiger partial charge in [0.25, 0.3) is 0 Å². The van der Waals surface area contributed by atoms with Crippen LogP contribution in [0.3, 0.4) is 0 Å². The van der Waals surface area contributed by atoms with Crippen LogP contribution in [-0.2, 0) is 21.1 Å². The first-order valence-electron chi connectivity index (χ1n) is 9.14. The first kappa shape index (κ1) is 19.5. The Morgan fingerprint density at radius 1 is 1.30 bits per heavy atom. The van der Waals surface area contributed by atoms with Gasteiger partial charge < -0.3 is 20.7 Å². The van der Waals surface area contributed by atoms with E-state index in [0.717, 1.165) is 12.2 Å². The van der Waals surface area contributed by atoms with E-state index in [-0.39, 0.29) is 36.0 Å². The van der Waals surface area contributed by atoms with E-state index in [0.29, 0.717) is 25.5 Å². The quantitative estimate of drug-likeness (QED) is 0.457. The van der Waals surface area contributed by atoms with Crippen LogP contribution in [0.4, 0.5) is 0 Å². The molecular weight excluding hydrogens is 368 g/mol. The van der Waals surface area contributed by atoms with Gasteiger partial charge in [-0.2, -0.15) is 0 Å². The zero-order valence-corrected chi connectivity index (χ0v) is 16.2. The molecule has 3 rings (SSSR count). The topological polar surface area (TPSA) is 109 Å². The fourth-order valence-corrected chi connectivity index (χ4v) is 4.98. The second kappa shape index (κ2) is 8.60. The third-order valence-corrected chi connectivity index (χ3v) is 6.44. The highest BCUT2D eigenvalue weighted by atomic mass is 32.2. The van der Waals surface area contributed by atoms with Crippen molar-refractivity contribution in [3.05, 3.63) is 29.8 Å². The second-order valence-electron chi connectivity index (χ2n) is 6.85. The van der Waals surface area contributed by atoms with Crippen molar-refractivity contribution >= 4 is 21.7 Å². The third kappa shape index (κ3) is 5.59. The van der Waals surface area contributed by atoms with E-state index in [4.69, 9.17) is 4.74 Å². The minimum atomic E-state index is -2.99. The summed E-state index contributed by atoms with van der Waals surface area (Å²) in [6, 6.07) is 7.74. The van der Waals surface area contributed by atoms with Crippen molar-refractivity contribution in [1.82, 2.24) is 16.0 Å². The van der Waals surface area contributed by atoms with Gasteiger partial charge in [0, 0.05) is 32.5 Å². The number of rotatable bonds is 6. The molecule has 27 heavy (non-hydrogen) atoms. The van der Waals surface area contributed by atoms with Gasteiger partial charge in [-0.25, -0.2) is 8.42 Å². The normalized spacial score (nSPS) is 23.4. The molecule has 0 aliphatic carbocycles. The largest absolute Gasteiger partial charge is 0.488 e. The lowest BCUT2D eigenvalue weighted by Gasteiger charge is -2.16. The Labute approximate surface area is 159 Å². The summed E-state index contributed by atoms with van der Waals surface area (Å²) < 4.78 is 28.7. The van der Waals surface area contributed by atoms with Crippen LogP contribution in [0.2, 0.25) is 0 Å². The molecule has 148 valence electrons. The van der Waals surface area contributed by atoms with Crippen LogP contribution in [0.1, 0.15) is 18.4 Å². The van der Waals surface area contributed by atoms with Gasteiger partial charge in [0.2, 0.25) is 5.91 Å². The molecule has 2 heterocycles. The number of benzene rings is 1. The molecular formula is C18H26N4O4S. The summed E-state index contributed by atoms with van der Waals surface area (Å²) in [4.78, 5) is 16.1.